The van der Waals surface area contributed by atoms with Gasteiger partial charge in [0.15, 0.2) is 0 Å². The molecule has 148 valence electrons. The number of amides is 2. The Morgan fingerprint density at radius 3 is 2.36 bits per heavy atom. The average molecular weight is 382 g/mol. The molecule has 1 unspecified atom stereocenters. The smallest absolute Gasteiger partial charge is 0.257 e. The van der Waals surface area contributed by atoms with Crippen LogP contribution in [0.1, 0.15) is 34.6 Å². The molecule has 7 heteroatoms. The van der Waals surface area contributed by atoms with Gasteiger partial charge in [-0.15, -0.1) is 0 Å². The van der Waals surface area contributed by atoms with Gasteiger partial charge in [0.25, 0.3) is 11.8 Å². The lowest BCUT2D eigenvalue weighted by Crippen LogP contribution is -2.53. The molecular formula is C21H26N4O3. The zero-order valence-electron chi connectivity index (χ0n) is 16.4. The van der Waals surface area contributed by atoms with Crippen molar-refractivity contribution in [3.8, 4) is 5.69 Å². The molecule has 0 N–H and O–H groups in total. The van der Waals surface area contributed by atoms with E-state index in [0.717, 1.165) is 29.9 Å². The lowest BCUT2D eigenvalue weighted by Gasteiger charge is -2.35. The third kappa shape index (κ3) is 3.42. The summed E-state index contributed by atoms with van der Waals surface area (Å²) in [4.78, 5) is 29.3. The third-order valence-electron chi connectivity index (χ3n) is 5.59. The molecule has 0 aliphatic carbocycles. The number of rotatable bonds is 3. The van der Waals surface area contributed by atoms with Gasteiger partial charge in [0, 0.05) is 32.8 Å². The minimum atomic E-state index is -0.296. The average Bonchev–Trinajstić information content (AvgIpc) is 3.36. The number of hydrogen-bond donors (Lipinski definition) is 0. The van der Waals surface area contributed by atoms with Crippen LogP contribution in [0.3, 0.4) is 0 Å². The molecule has 0 saturated carbocycles. The summed E-state index contributed by atoms with van der Waals surface area (Å²) in [6.45, 7) is 6.64. The molecule has 0 spiro atoms. The van der Waals surface area contributed by atoms with Crippen LogP contribution in [0.4, 0.5) is 0 Å². The number of ether oxygens (including phenoxy) is 1. The molecule has 2 aliphatic heterocycles. The van der Waals surface area contributed by atoms with Crippen molar-refractivity contribution >= 4 is 11.8 Å². The van der Waals surface area contributed by atoms with E-state index in [1.807, 2.05) is 58.7 Å². The molecule has 1 aromatic carbocycles. The highest BCUT2D eigenvalue weighted by molar-refractivity contribution is 5.96. The number of nitrogens with zero attached hydrogens (tertiary/aromatic N) is 4. The van der Waals surface area contributed by atoms with Crippen LogP contribution in [-0.2, 0) is 9.53 Å². The van der Waals surface area contributed by atoms with E-state index in [9.17, 15) is 9.59 Å². The number of carbonyl (C=O) groups excluding carboxylic acids is 2. The topological polar surface area (TPSA) is 67.7 Å². The Kier molecular flexibility index (Phi) is 5.17. The van der Waals surface area contributed by atoms with Crippen molar-refractivity contribution in [2.24, 2.45) is 0 Å². The van der Waals surface area contributed by atoms with E-state index in [1.165, 1.54) is 0 Å². The quantitative estimate of drug-likeness (QED) is 0.814. The predicted octanol–water partition coefficient (Wildman–Crippen LogP) is 1.95. The minimum absolute atomic E-state index is 0.0126. The van der Waals surface area contributed by atoms with E-state index in [-0.39, 0.29) is 17.9 Å². The molecule has 4 rings (SSSR count). The number of aryl methyl sites for hydroxylation is 1. The highest BCUT2D eigenvalue weighted by atomic mass is 16.5. The van der Waals surface area contributed by atoms with E-state index < -0.39 is 0 Å². The summed E-state index contributed by atoms with van der Waals surface area (Å²) in [6.07, 6.45) is 1.45. The van der Waals surface area contributed by atoms with Crippen molar-refractivity contribution in [2.75, 3.05) is 32.8 Å². The summed E-state index contributed by atoms with van der Waals surface area (Å²) >= 11 is 0. The molecule has 0 radical (unpaired) electrons. The Hall–Kier alpha value is -2.67. The van der Waals surface area contributed by atoms with Crippen LogP contribution in [-0.4, -0.2) is 70.3 Å². The van der Waals surface area contributed by atoms with Crippen LogP contribution in [0.25, 0.3) is 5.69 Å². The first-order chi connectivity index (χ1) is 13.6. The molecule has 2 fully saturated rings. The van der Waals surface area contributed by atoms with E-state index in [1.54, 1.807) is 0 Å². The molecule has 2 aromatic rings. The Morgan fingerprint density at radius 2 is 1.71 bits per heavy atom. The minimum Gasteiger partial charge on any atom is -0.368 e. The first kappa shape index (κ1) is 18.7. The summed E-state index contributed by atoms with van der Waals surface area (Å²) in [5.74, 6) is 0.0512. The monoisotopic (exact) mass is 382 g/mol. The van der Waals surface area contributed by atoms with Crippen LogP contribution in [0, 0.1) is 13.8 Å². The number of aromatic nitrogens is 2. The van der Waals surface area contributed by atoms with Crippen molar-refractivity contribution in [1.29, 1.82) is 0 Å². The molecule has 7 nitrogen and oxygen atoms in total. The predicted molar refractivity (Wildman–Crippen MR) is 104 cm³/mol. The van der Waals surface area contributed by atoms with Crippen molar-refractivity contribution < 1.29 is 14.3 Å². The molecule has 28 heavy (non-hydrogen) atoms. The number of benzene rings is 1. The Bertz CT molecular complexity index is 863. The number of para-hydroxylation sites is 1. The standard InChI is InChI=1S/C21H26N4O3/c1-15-19(16(2)25(22-15)17-7-4-3-5-8-17)21(27)24-12-10-23(11-13-24)20(26)18-9-6-14-28-18/h3-5,7-8,18H,6,9-14H2,1-2H3. The second kappa shape index (κ2) is 7.75. The first-order valence-electron chi connectivity index (χ1n) is 9.87. The summed E-state index contributed by atoms with van der Waals surface area (Å²) in [6, 6.07) is 9.82. The van der Waals surface area contributed by atoms with Gasteiger partial charge >= 0.3 is 0 Å². The van der Waals surface area contributed by atoms with Crippen LogP contribution >= 0.6 is 0 Å². The van der Waals surface area contributed by atoms with Gasteiger partial charge in [0.1, 0.15) is 6.10 Å². The zero-order chi connectivity index (χ0) is 19.7. The largest absolute Gasteiger partial charge is 0.368 e. The third-order valence-corrected chi connectivity index (χ3v) is 5.59. The summed E-state index contributed by atoms with van der Waals surface area (Å²) in [5, 5.41) is 4.58. The maximum absolute atomic E-state index is 13.2. The van der Waals surface area contributed by atoms with Crippen molar-refractivity contribution in [1.82, 2.24) is 19.6 Å². The fourth-order valence-corrected chi connectivity index (χ4v) is 4.04. The van der Waals surface area contributed by atoms with E-state index >= 15 is 0 Å². The molecule has 2 aliphatic rings. The maximum Gasteiger partial charge on any atom is 0.257 e. The summed E-state index contributed by atoms with van der Waals surface area (Å²) in [7, 11) is 0. The van der Waals surface area contributed by atoms with Gasteiger partial charge in [-0.05, 0) is 38.8 Å². The number of piperazine rings is 1. The van der Waals surface area contributed by atoms with E-state index in [4.69, 9.17) is 4.74 Å². The van der Waals surface area contributed by atoms with Gasteiger partial charge < -0.3 is 14.5 Å². The molecule has 3 heterocycles. The second-order valence-corrected chi connectivity index (χ2v) is 7.41. The molecule has 1 atom stereocenters. The number of hydrogen-bond acceptors (Lipinski definition) is 4. The Labute approximate surface area is 164 Å². The van der Waals surface area contributed by atoms with Crippen molar-refractivity contribution in [3.05, 3.63) is 47.3 Å². The zero-order valence-corrected chi connectivity index (χ0v) is 16.4. The first-order valence-corrected chi connectivity index (χ1v) is 9.87. The van der Waals surface area contributed by atoms with Gasteiger partial charge in [0.05, 0.1) is 22.6 Å². The molecule has 1 aromatic heterocycles. The highest BCUT2D eigenvalue weighted by Gasteiger charge is 2.32. The molecule has 0 bridgehead atoms. The fourth-order valence-electron chi connectivity index (χ4n) is 4.04. The van der Waals surface area contributed by atoms with Gasteiger partial charge in [-0.1, -0.05) is 18.2 Å². The Morgan fingerprint density at radius 1 is 1.04 bits per heavy atom. The van der Waals surface area contributed by atoms with Crippen LogP contribution in [0.5, 0.6) is 0 Å². The summed E-state index contributed by atoms with van der Waals surface area (Å²) < 4.78 is 7.32. The van der Waals surface area contributed by atoms with Crippen molar-refractivity contribution in [3.63, 3.8) is 0 Å². The fraction of sp³-hybridized carbons (Fsp3) is 0.476. The number of carbonyl (C=O) groups is 2. The highest BCUT2D eigenvalue weighted by Crippen LogP contribution is 2.21. The van der Waals surface area contributed by atoms with E-state index in [2.05, 4.69) is 5.10 Å². The van der Waals surface area contributed by atoms with E-state index in [0.29, 0.717) is 38.3 Å². The second-order valence-electron chi connectivity index (χ2n) is 7.41. The lowest BCUT2D eigenvalue weighted by molar-refractivity contribution is -0.142. The SMILES string of the molecule is Cc1nn(-c2ccccc2)c(C)c1C(=O)N1CCN(C(=O)C2CCCO2)CC1. The van der Waals surface area contributed by atoms with Crippen LogP contribution in [0.15, 0.2) is 30.3 Å². The molecular weight excluding hydrogens is 356 g/mol. The van der Waals surface area contributed by atoms with Crippen LogP contribution in [0.2, 0.25) is 0 Å². The van der Waals surface area contributed by atoms with Gasteiger partial charge in [-0.2, -0.15) is 5.10 Å². The Balaban J connectivity index is 1.46. The van der Waals surface area contributed by atoms with Gasteiger partial charge in [-0.25, -0.2) is 4.68 Å². The molecule has 2 amide bonds. The maximum atomic E-state index is 13.2. The van der Waals surface area contributed by atoms with Gasteiger partial charge in [-0.3, -0.25) is 9.59 Å². The molecule has 2 saturated heterocycles. The summed E-state index contributed by atoms with van der Waals surface area (Å²) in [5.41, 5.74) is 3.16. The normalized spacial score (nSPS) is 19.9. The van der Waals surface area contributed by atoms with Crippen molar-refractivity contribution in [2.45, 2.75) is 32.8 Å². The van der Waals surface area contributed by atoms with Gasteiger partial charge in [0.2, 0.25) is 0 Å². The lowest BCUT2D eigenvalue weighted by atomic mass is 10.1. The van der Waals surface area contributed by atoms with Crippen LogP contribution < -0.4 is 0 Å².